The number of hydrazine groups is 1. The number of nitrogens with two attached hydrogens (primary N) is 1. The first-order valence-electron chi connectivity index (χ1n) is 4.39. The number of rotatable bonds is 6. The van der Waals surface area contributed by atoms with Crippen LogP contribution in [0.3, 0.4) is 0 Å². The van der Waals surface area contributed by atoms with Crippen molar-refractivity contribution in [2.75, 3.05) is 6.54 Å². The lowest BCUT2D eigenvalue weighted by Gasteiger charge is -1.99. The van der Waals surface area contributed by atoms with Crippen LogP contribution in [0.1, 0.15) is 18.5 Å². The maximum absolute atomic E-state index is 5.40. The molecule has 1 heterocycles. The van der Waals surface area contributed by atoms with E-state index in [9.17, 15) is 0 Å². The second-order valence-electron chi connectivity index (χ2n) is 2.84. The molecular formula is C7H14BN5. The molecule has 13 heavy (non-hydrogen) atoms. The average molecular weight is 179 g/mol. The molecule has 0 saturated carbocycles. The van der Waals surface area contributed by atoms with Crippen LogP contribution in [-0.4, -0.2) is 29.4 Å². The summed E-state index contributed by atoms with van der Waals surface area (Å²) in [4.78, 5) is 0. The Labute approximate surface area is 79.1 Å². The van der Waals surface area contributed by atoms with Gasteiger partial charge >= 0.3 is 0 Å². The molecule has 0 aliphatic rings. The van der Waals surface area contributed by atoms with E-state index in [1.807, 2.05) is 6.20 Å². The smallest absolute Gasteiger partial charge is 0.0741 e. The lowest BCUT2D eigenvalue weighted by atomic mass is 10.0. The summed E-state index contributed by atoms with van der Waals surface area (Å²) in [7, 11) is 5.40. The van der Waals surface area contributed by atoms with Crippen LogP contribution < -0.4 is 11.3 Å². The van der Waals surface area contributed by atoms with Gasteiger partial charge in [0.25, 0.3) is 0 Å². The normalized spacial score (nSPS) is 10.5. The van der Waals surface area contributed by atoms with E-state index in [-0.39, 0.29) is 0 Å². The Morgan fingerprint density at radius 1 is 1.54 bits per heavy atom. The molecule has 0 spiro atoms. The van der Waals surface area contributed by atoms with E-state index < -0.39 is 0 Å². The topological polar surface area (TPSA) is 68.8 Å². The molecule has 0 bridgehead atoms. The van der Waals surface area contributed by atoms with Crippen LogP contribution in [0, 0.1) is 0 Å². The van der Waals surface area contributed by atoms with Gasteiger partial charge < -0.3 is 0 Å². The van der Waals surface area contributed by atoms with Gasteiger partial charge in [-0.25, -0.2) is 0 Å². The third-order valence-corrected chi connectivity index (χ3v) is 1.75. The summed E-state index contributed by atoms with van der Waals surface area (Å²) in [5.74, 6) is 5.13. The number of aromatic nitrogens is 3. The maximum Gasteiger partial charge on any atom is 0.0741 e. The highest BCUT2D eigenvalue weighted by Crippen LogP contribution is 1.95. The highest BCUT2D eigenvalue weighted by molar-refractivity contribution is 6.08. The van der Waals surface area contributed by atoms with Crippen molar-refractivity contribution < 1.29 is 0 Å². The Hall–Kier alpha value is -0.875. The summed E-state index contributed by atoms with van der Waals surface area (Å²) in [6.45, 7) is 1.70. The lowest BCUT2D eigenvalue weighted by Crippen LogP contribution is -2.23. The zero-order valence-corrected chi connectivity index (χ0v) is 7.61. The first-order valence-corrected chi connectivity index (χ1v) is 4.39. The monoisotopic (exact) mass is 179 g/mol. The van der Waals surface area contributed by atoms with Crippen LogP contribution in [-0.2, 0) is 12.9 Å². The number of hydrogen-bond donors (Lipinski definition) is 2. The Kier molecular flexibility index (Phi) is 4.49. The molecule has 0 atom stereocenters. The Morgan fingerprint density at radius 3 is 3.00 bits per heavy atom. The van der Waals surface area contributed by atoms with Gasteiger partial charge in [0, 0.05) is 19.3 Å². The SMILES string of the molecule is [B]Cc1cn(CCCCNN)nn1. The van der Waals surface area contributed by atoms with Crippen molar-refractivity contribution in [2.24, 2.45) is 5.84 Å². The van der Waals surface area contributed by atoms with E-state index in [0.29, 0.717) is 6.32 Å². The van der Waals surface area contributed by atoms with Crippen molar-refractivity contribution in [3.63, 3.8) is 0 Å². The zero-order valence-electron chi connectivity index (χ0n) is 7.61. The Bertz CT molecular complexity index is 237. The standard InChI is InChI=1S/C7H14BN5/c8-5-7-6-13(12-11-7)4-2-1-3-10-9/h6,10H,1-5,9H2. The molecular weight excluding hydrogens is 165 g/mol. The van der Waals surface area contributed by atoms with Crippen molar-refractivity contribution in [3.05, 3.63) is 11.9 Å². The number of hydrogen-bond acceptors (Lipinski definition) is 4. The maximum atomic E-state index is 5.40. The predicted molar refractivity (Wildman–Crippen MR) is 50.9 cm³/mol. The van der Waals surface area contributed by atoms with Gasteiger partial charge in [0.1, 0.15) is 0 Å². The zero-order chi connectivity index (χ0) is 9.52. The summed E-state index contributed by atoms with van der Waals surface area (Å²) in [6.07, 6.45) is 4.39. The van der Waals surface area contributed by atoms with Gasteiger partial charge in [-0.15, -0.1) is 5.10 Å². The molecule has 1 aromatic heterocycles. The fraction of sp³-hybridized carbons (Fsp3) is 0.714. The van der Waals surface area contributed by atoms with E-state index in [4.69, 9.17) is 13.7 Å². The van der Waals surface area contributed by atoms with Crippen molar-refractivity contribution in [1.82, 2.24) is 20.4 Å². The summed E-state index contributed by atoms with van der Waals surface area (Å²) in [5.41, 5.74) is 3.44. The largest absolute Gasteiger partial charge is 0.271 e. The van der Waals surface area contributed by atoms with Crippen LogP contribution >= 0.6 is 0 Å². The highest BCUT2D eigenvalue weighted by Gasteiger charge is 1.96. The van der Waals surface area contributed by atoms with Gasteiger partial charge in [-0.05, 0) is 19.2 Å². The molecule has 0 aromatic carbocycles. The van der Waals surface area contributed by atoms with E-state index in [1.165, 1.54) is 0 Å². The quantitative estimate of drug-likeness (QED) is 0.259. The minimum atomic E-state index is 0.449. The fourth-order valence-electron chi connectivity index (χ4n) is 1.04. The molecule has 0 unspecified atom stereocenters. The second kappa shape index (κ2) is 5.72. The Balaban J connectivity index is 2.20. The van der Waals surface area contributed by atoms with E-state index in [2.05, 4.69) is 15.7 Å². The molecule has 0 saturated heterocycles. The molecule has 2 radical (unpaired) electrons. The van der Waals surface area contributed by atoms with Crippen molar-refractivity contribution in [1.29, 1.82) is 0 Å². The molecule has 0 aliphatic heterocycles. The lowest BCUT2D eigenvalue weighted by molar-refractivity contribution is 0.527. The first kappa shape index (κ1) is 10.2. The molecule has 6 heteroatoms. The molecule has 1 rings (SSSR count). The fourth-order valence-corrected chi connectivity index (χ4v) is 1.04. The van der Waals surface area contributed by atoms with Gasteiger partial charge in [0.2, 0.25) is 0 Å². The van der Waals surface area contributed by atoms with Crippen LogP contribution in [0.25, 0.3) is 0 Å². The van der Waals surface area contributed by atoms with Gasteiger partial charge in [-0.1, -0.05) is 5.21 Å². The number of nitrogens with zero attached hydrogens (tertiary/aromatic N) is 3. The third kappa shape index (κ3) is 3.56. The summed E-state index contributed by atoms with van der Waals surface area (Å²) in [5, 5.41) is 7.80. The van der Waals surface area contributed by atoms with E-state index >= 15 is 0 Å². The molecule has 3 N–H and O–H groups in total. The number of nitrogens with one attached hydrogen (secondary N) is 1. The van der Waals surface area contributed by atoms with Crippen molar-refractivity contribution in [2.45, 2.75) is 25.7 Å². The van der Waals surface area contributed by atoms with Crippen LogP contribution in [0.5, 0.6) is 0 Å². The molecule has 0 amide bonds. The molecule has 0 aliphatic carbocycles. The minimum Gasteiger partial charge on any atom is -0.271 e. The Morgan fingerprint density at radius 2 is 2.38 bits per heavy atom. The third-order valence-electron chi connectivity index (χ3n) is 1.75. The van der Waals surface area contributed by atoms with E-state index in [0.717, 1.165) is 31.6 Å². The summed E-state index contributed by atoms with van der Waals surface area (Å²) >= 11 is 0. The van der Waals surface area contributed by atoms with Crippen LogP contribution in [0.15, 0.2) is 6.20 Å². The first-order chi connectivity index (χ1) is 6.36. The van der Waals surface area contributed by atoms with Crippen LogP contribution in [0.2, 0.25) is 0 Å². The van der Waals surface area contributed by atoms with E-state index in [1.54, 1.807) is 4.68 Å². The van der Waals surface area contributed by atoms with Crippen LogP contribution in [0.4, 0.5) is 0 Å². The second-order valence-corrected chi connectivity index (χ2v) is 2.84. The van der Waals surface area contributed by atoms with Gasteiger partial charge in [0.05, 0.1) is 13.5 Å². The summed E-state index contributed by atoms with van der Waals surface area (Å²) in [6, 6.07) is 0. The van der Waals surface area contributed by atoms with Gasteiger partial charge in [0.15, 0.2) is 0 Å². The van der Waals surface area contributed by atoms with Crippen molar-refractivity contribution in [3.8, 4) is 0 Å². The predicted octanol–water partition coefficient (Wildman–Crippen LogP) is -0.810. The molecule has 1 aromatic rings. The minimum absolute atomic E-state index is 0.449. The number of aryl methyl sites for hydroxylation is 1. The number of unbranched alkanes of at least 4 members (excludes halogenated alkanes) is 1. The molecule has 70 valence electrons. The molecule has 0 fully saturated rings. The van der Waals surface area contributed by atoms with Crippen molar-refractivity contribution >= 4 is 7.85 Å². The molecule has 5 nitrogen and oxygen atoms in total. The highest BCUT2D eigenvalue weighted by atomic mass is 15.4. The average Bonchev–Trinajstić information content (AvgIpc) is 2.60. The van der Waals surface area contributed by atoms with Gasteiger partial charge in [-0.3, -0.25) is 16.0 Å². The van der Waals surface area contributed by atoms with Gasteiger partial charge in [-0.2, -0.15) is 0 Å². The summed E-state index contributed by atoms with van der Waals surface area (Å²) < 4.78 is 1.80.